The highest BCUT2D eigenvalue weighted by atomic mass is 35.5. The number of anilines is 1. The van der Waals surface area contributed by atoms with Gasteiger partial charge in [0.1, 0.15) is 5.39 Å². The quantitative estimate of drug-likeness (QED) is 0.219. The van der Waals surface area contributed by atoms with Crippen LogP contribution in [0.4, 0.5) is 5.69 Å². The third-order valence-electron chi connectivity index (χ3n) is 7.32. The number of likely N-dealkylation sites (N-methyl/N-ethyl adjacent to an activating group) is 1. The molecule has 0 spiro atoms. The van der Waals surface area contributed by atoms with Crippen LogP contribution in [0.25, 0.3) is 28.1 Å². The number of benzene rings is 3. The van der Waals surface area contributed by atoms with E-state index in [2.05, 4.69) is 46.0 Å². The molecule has 0 saturated carbocycles. The molecule has 7 nitrogen and oxygen atoms in total. The summed E-state index contributed by atoms with van der Waals surface area (Å²) in [5.74, 6) is 0.561. The molecule has 0 N–H and O–H groups in total. The van der Waals surface area contributed by atoms with E-state index in [1.165, 1.54) is 5.69 Å². The van der Waals surface area contributed by atoms with Gasteiger partial charge in [0.2, 0.25) is 0 Å². The van der Waals surface area contributed by atoms with Gasteiger partial charge >= 0.3 is 0 Å². The summed E-state index contributed by atoms with van der Waals surface area (Å²) in [5, 5.41) is 1.53. The number of fused-ring (bicyclic) bond motifs is 1. The third-order valence-corrected chi connectivity index (χ3v) is 7.91. The highest BCUT2D eigenvalue weighted by molar-refractivity contribution is 6.35. The topological polar surface area (TPSA) is 59.2 Å². The Morgan fingerprint density at radius 3 is 2.22 bits per heavy atom. The van der Waals surface area contributed by atoms with Crippen molar-refractivity contribution in [2.45, 2.75) is 27.3 Å². The van der Waals surface area contributed by atoms with E-state index in [-0.39, 0.29) is 5.56 Å². The van der Waals surface area contributed by atoms with E-state index in [0.29, 0.717) is 33.4 Å². The van der Waals surface area contributed by atoms with Crippen LogP contribution in [0, 0.1) is 0 Å². The van der Waals surface area contributed by atoms with Crippen LogP contribution in [0.2, 0.25) is 10.0 Å². The molecule has 9 heteroatoms. The predicted molar refractivity (Wildman–Crippen MR) is 170 cm³/mol. The largest absolute Gasteiger partial charge is 0.369 e. The first-order valence-electron chi connectivity index (χ1n) is 14.1. The number of halogens is 2. The maximum atomic E-state index is 13.6. The molecule has 5 aromatic rings. The maximum absolute atomic E-state index is 13.6. The molecule has 6 rings (SSSR count). The van der Waals surface area contributed by atoms with Crippen LogP contribution < -0.4 is 10.5 Å². The second kappa shape index (κ2) is 12.9. The number of aromatic nitrogens is 4. The molecule has 0 aliphatic carbocycles. The van der Waals surface area contributed by atoms with Crippen molar-refractivity contribution in [2.24, 2.45) is 0 Å². The van der Waals surface area contributed by atoms with Gasteiger partial charge in [-0.25, -0.2) is 14.6 Å². The van der Waals surface area contributed by atoms with Crippen LogP contribution in [0.3, 0.4) is 0 Å². The fraction of sp³-hybridized carbons (Fsp3) is 0.281. The van der Waals surface area contributed by atoms with E-state index in [0.717, 1.165) is 49.5 Å². The minimum Gasteiger partial charge on any atom is -0.369 e. The van der Waals surface area contributed by atoms with Crippen LogP contribution in [0.1, 0.15) is 26.3 Å². The Kier molecular flexibility index (Phi) is 9.08. The standard InChI is InChI=1S/C30H28Cl2N6O.C2H6/c1-2-35-14-16-36(17-15-35)24-12-9-21(10-13-24)28-33-19-26-29(34-28)37(20-22-8-11-23(31)18-27(22)32)38(30(26)39)25-6-4-3-5-7-25;1-2/h3-13,18-19H,2,14-17,20H2,1H3;1-2H3. The summed E-state index contributed by atoms with van der Waals surface area (Å²) in [4.78, 5) is 27.9. The van der Waals surface area contributed by atoms with E-state index >= 15 is 0 Å². The number of piperazine rings is 1. The molecule has 0 unspecified atom stereocenters. The van der Waals surface area contributed by atoms with E-state index in [4.69, 9.17) is 28.2 Å². The van der Waals surface area contributed by atoms with Gasteiger partial charge in [-0.15, -0.1) is 0 Å². The van der Waals surface area contributed by atoms with Crippen LogP contribution >= 0.6 is 23.2 Å². The third kappa shape index (κ3) is 6.03. The zero-order valence-electron chi connectivity index (χ0n) is 23.6. The molecule has 1 aliphatic rings. The lowest BCUT2D eigenvalue weighted by molar-refractivity contribution is 0.271. The van der Waals surface area contributed by atoms with Gasteiger partial charge in [0.25, 0.3) is 5.56 Å². The lowest BCUT2D eigenvalue weighted by Crippen LogP contribution is -2.46. The molecular weight excluding hydrogens is 555 g/mol. The van der Waals surface area contributed by atoms with Gasteiger partial charge in [-0.3, -0.25) is 9.48 Å². The van der Waals surface area contributed by atoms with Gasteiger partial charge in [0.05, 0.1) is 12.2 Å². The van der Waals surface area contributed by atoms with Gasteiger partial charge < -0.3 is 9.80 Å². The molecule has 0 atom stereocenters. The lowest BCUT2D eigenvalue weighted by Gasteiger charge is -2.35. The van der Waals surface area contributed by atoms with Crippen molar-refractivity contribution in [3.63, 3.8) is 0 Å². The Balaban J connectivity index is 0.00000165. The summed E-state index contributed by atoms with van der Waals surface area (Å²) in [6.07, 6.45) is 1.62. The summed E-state index contributed by atoms with van der Waals surface area (Å²) in [6, 6.07) is 23.2. The van der Waals surface area contributed by atoms with Crippen molar-refractivity contribution >= 4 is 39.9 Å². The SMILES string of the molecule is CC.CCN1CCN(c2ccc(-c3ncc4c(=O)n(-c5ccccc5)n(Cc5ccc(Cl)cc5Cl)c4n3)cc2)CC1. The molecular formula is C32H34Cl2N6O. The number of nitrogens with zero attached hydrogens (tertiary/aromatic N) is 6. The van der Waals surface area contributed by atoms with Crippen molar-refractivity contribution < 1.29 is 0 Å². The number of para-hydroxylation sites is 1. The second-order valence-corrected chi connectivity index (χ2v) is 10.5. The van der Waals surface area contributed by atoms with Crippen molar-refractivity contribution in [3.8, 4) is 17.1 Å². The highest BCUT2D eigenvalue weighted by Crippen LogP contribution is 2.26. The molecule has 41 heavy (non-hydrogen) atoms. The van der Waals surface area contributed by atoms with Crippen molar-refractivity contribution in [1.82, 2.24) is 24.2 Å². The number of rotatable bonds is 6. The first-order chi connectivity index (χ1) is 20.0. The summed E-state index contributed by atoms with van der Waals surface area (Å²) < 4.78 is 3.49. The van der Waals surface area contributed by atoms with E-state index in [1.807, 2.05) is 54.9 Å². The van der Waals surface area contributed by atoms with Gasteiger partial charge in [0, 0.05) is 53.7 Å². The number of hydrogen-bond acceptors (Lipinski definition) is 5. The van der Waals surface area contributed by atoms with Crippen molar-refractivity contribution in [1.29, 1.82) is 0 Å². The average molecular weight is 590 g/mol. The summed E-state index contributed by atoms with van der Waals surface area (Å²) in [5.41, 5.74) is 4.01. The van der Waals surface area contributed by atoms with E-state index in [1.54, 1.807) is 23.0 Å². The molecule has 0 amide bonds. The zero-order valence-corrected chi connectivity index (χ0v) is 25.1. The van der Waals surface area contributed by atoms with Crippen LogP contribution in [-0.2, 0) is 6.54 Å². The molecule has 1 fully saturated rings. The Hall–Kier alpha value is -3.65. The lowest BCUT2D eigenvalue weighted by atomic mass is 10.1. The van der Waals surface area contributed by atoms with Crippen LogP contribution in [0.5, 0.6) is 0 Å². The Bertz CT molecular complexity index is 1670. The van der Waals surface area contributed by atoms with Crippen LogP contribution in [-0.4, -0.2) is 57.0 Å². The Labute approximate surface area is 250 Å². The fourth-order valence-electron chi connectivity index (χ4n) is 5.10. The summed E-state index contributed by atoms with van der Waals surface area (Å²) >= 11 is 12.7. The number of hydrogen-bond donors (Lipinski definition) is 0. The molecule has 212 valence electrons. The molecule has 1 aliphatic heterocycles. The molecule has 0 radical (unpaired) electrons. The van der Waals surface area contributed by atoms with Crippen molar-refractivity contribution in [2.75, 3.05) is 37.6 Å². The molecule has 3 heterocycles. The second-order valence-electron chi connectivity index (χ2n) is 9.64. The predicted octanol–water partition coefficient (Wildman–Crippen LogP) is 6.77. The normalized spacial score (nSPS) is 13.7. The minimum atomic E-state index is -0.186. The molecule has 0 bridgehead atoms. The smallest absolute Gasteiger partial charge is 0.282 e. The Morgan fingerprint density at radius 2 is 1.56 bits per heavy atom. The summed E-state index contributed by atoms with van der Waals surface area (Å²) in [7, 11) is 0. The molecule has 1 saturated heterocycles. The van der Waals surface area contributed by atoms with Crippen LogP contribution in [0.15, 0.2) is 83.8 Å². The Morgan fingerprint density at radius 1 is 0.854 bits per heavy atom. The first kappa shape index (κ1) is 28.9. The van der Waals surface area contributed by atoms with Gasteiger partial charge in [-0.2, -0.15) is 0 Å². The fourth-order valence-corrected chi connectivity index (χ4v) is 5.57. The molecule has 3 aromatic carbocycles. The van der Waals surface area contributed by atoms with Gasteiger partial charge in [-0.1, -0.05) is 68.2 Å². The van der Waals surface area contributed by atoms with Crippen molar-refractivity contribution in [3.05, 3.63) is 105 Å². The van der Waals surface area contributed by atoms with E-state index in [9.17, 15) is 4.79 Å². The first-order valence-corrected chi connectivity index (χ1v) is 14.8. The average Bonchev–Trinajstić information content (AvgIpc) is 3.30. The van der Waals surface area contributed by atoms with Gasteiger partial charge in [-0.05, 0) is 60.6 Å². The maximum Gasteiger partial charge on any atom is 0.282 e. The monoisotopic (exact) mass is 588 g/mol. The summed E-state index contributed by atoms with van der Waals surface area (Å²) in [6.45, 7) is 11.8. The zero-order chi connectivity index (χ0) is 28.9. The highest BCUT2D eigenvalue weighted by Gasteiger charge is 2.20. The van der Waals surface area contributed by atoms with Gasteiger partial charge in [0.15, 0.2) is 11.5 Å². The molecule has 2 aromatic heterocycles. The minimum absolute atomic E-state index is 0.186. The van der Waals surface area contributed by atoms with E-state index < -0.39 is 0 Å².